The van der Waals surface area contributed by atoms with Crippen LogP contribution in [-0.2, 0) is 0 Å². The Balaban J connectivity index is 2.26. The summed E-state index contributed by atoms with van der Waals surface area (Å²) in [4.78, 5) is 0. The SMILES string of the molecule is COc1ccc(C2CCN2)c(C)c1. The molecule has 1 aromatic rings. The monoisotopic (exact) mass is 177 g/mol. The van der Waals surface area contributed by atoms with Crippen LogP contribution in [0, 0.1) is 6.92 Å². The van der Waals surface area contributed by atoms with Crippen LogP contribution >= 0.6 is 0 Å². The third-order valence-corrected chi connectivity index (χ3v) is 2.68. The first kappa shape index (κ1) is 8.57. The molecule has 1 fully saturated rings. The van der Waals surface area contributed by atoms with Gasteiger partial charge < -0.3 is 10.1 Å². The van der Waals surface area contributed by atoms with Crippen molar-refractivity contribution in [3.63, 3.8) is 0 Å². The number of rotatable bonds is 2. The van der Waals surface area contributed by atoms with E-state index in [-0.39, 0.29) is 0 Å². The van der Waals surface area contributed by atoms with Gasteiger partial charge in [0, 0.05) is 6.04 Å². The zero-order valence-electron chi connectivity index (χ0n) is 8.13. The highest BCUT2D eigenvalue weighted by Gasteiger charge is 2.19. The zero-order chi connectivity index (χ0) is 9.26. The molecule has 1 aromatic carbocycles. The van der Waals surface area contributed by atoms with Crippen LogP contribution in [0.4, 0.5) is 0 Å². The predicted molar refractivity (Wildman–Crippen MR) is 53.1 cm³/mol. The predicted octanol–water partition coefficient (Wildman–Crippen LogP) is 2.04. The van der Waals surface area contributed by atoms with Crippen molar-refractivity contribution in [1.29, 1.82) is 0 Å². The van der Waals surface area contributed by atoms with E-state index in [9.17, 15) is 0 Å². The number of benzene rings is 1. The lowest BCUT2D eigenvalue weighted by Gasteiger charge is -2.29. The van der Waals surface area contributed by atoms with Gasteiger partial charge in [0.15, 0.2) is 0 Å². The molecule has 0 aromatic heterocycles. The number of methoxy groups -OCH3 is 1. The Bertz CT molecular complexity index is 305. The Morgan fingerprint density at radius 3 is 2.69 bits per heavy atom. The smallest absolute Gasteiger partial charge is 0.119 e. The van der Waals surface area contributed by atoms with Crippen LogP contribution in [-0.4, -0.2) is 13.7 Å². The Hall–Kier alpha value is -1.02. The van der Waals surface area contributed by atoms with Crippen LogP contribution in [0.15, 0.2) is 18.2 Å². The zero-order valence-corrected chi connectivity index (χ0v) is 8.13. The van der Waals surface area contributed by atoms with Crippen molar-refractivity contribution in [2.45, 2.75) is 19.4 Å². The summed E-state index contributed by atoms with van der Waals surface area (Å²) in [5.74, 6) is 0.945. The van der Waals surface area contributed by atoms with Gasteiger partial charge in [-0.3, -0.25) is 0 Å². The first-order valence-electron chi connectivity index (χ1n) is 4.69. The van der Waals surface area contributed by atoms with Gasteiger partial charge in [0.2, 0.25) is 0 Å². The van der Waals surface area contributed by atoms with E-state index in [0.717, 1.165) is 12.3 Å². The highest BCUT2D eigenvalue weighted by Crippen LogP contribution is 2.27. The molecule has 2 heteroatoms. The first-order valence-corrected chi connectivity index (χ1v) is 4.69. The van der Waals surface area contributed by atoms with Crippen LogP contribution in [0.5, 0.6) is 5.75 Å². The molecule has 70 valence electrons. The number of hydrogen-bond donors (Lipinski definition) is 1. The van der Waals surface area contributed by atoms with Crippen LogP contribution in [0.3, 0.4) is 0 Å². The number of ether oxygens (including phenoxy) is 1. The summed E-state index contributed by atoms with van der Waals surface area (Å²) >= 11 is 0. The average Bonchev–Trinajstić information content (AvgIpc) is 2.05. The summed E-state index contributed by atoms with van der Waals surface area (Å²) in [7, 11) is 1.70. The minimum Gasteiger partial charge on any atom is -0.497 e. The topological polar surface area (TPSA) is 21.3 Å². The molecule has 1 N–H and O–H groups in total. The Morgan fingerprint density at radius 1 is 1.46 bits per heavy atom. The summed E-state index contributed by atoms with van der Waals surface area (Å²) in [6, 6.07) is 6.86. The molecule has 0 amide bonds. The van der Waals surface area contributed by atoms with Gasteiger partial charge in [0.1, 0.15) is 5.75 Å². The van der Waals surface area contributed by atoms with Crippen molar-refractivity contribution in [3.05, 3.63) is 29.3 Å². The van der Waals surface area contributed by atoms with Crippen LogP contribution in [0.25, 0.3) is 0 Å². The van der Waals surface area contributed by atoms with Gasteiger partial charge in [-0.05, 0) is 43.1 Å². The van der Waals surface area contributed by atoms with E-state index in [1.165, 1.54) is 17.5 Å². The van der Waals surface area contributed by atoms with Gasteiger partial charge in [-0.15, -0.1) is 0 Å². The van der Waals surface area contributed by atoms with E-state index >= 15 is 0 Å². The molecule has 0 bridgehead atoms. The summed E-state index contributed by atoms with van der Waals surface area (Å²) in [6.07, 6.45) is 1.26. The normalized spacial score (nSPS) is 20.9. The van der Waals surface area contributed by atoms with E-state index < -0.39 is 0 Å². The molecule has 2 nitrogen and oxygen atoms in total. The van der Waals surface area contributed by atoms with Gasteiger partial charge >= 0.3 is 0 Å². The number of aryl methyl sites for hydroxylation is 1. The fourth-order valence-corrected chi connectivity index (χ4v) is 1.72. The first-order chi connectivity index (χ1) is 6.31. The Morgan fingerprint density at radius 2 is 2.23 bits per heavy atom. The van der Waals surface area contributed by atoms with Gasteiger partial charge in [-0.25, -0.2) is 0 Å². The maximum absolute atomic E-state index is 5.16. The molecule has 1 atom stereocenters. The van der Waals surface area contributed by atoms with Gasteiger partial charge in [-0.2, -0.15) is 0 Å². The molecule has 0 saturated carbocycles. The molecule has 1 aliphatic rings. The highest BCUT2D eigenvalue weighted by molar-refractivity contribution is 5.37. The molecule has 2 rings (SSSR count). The van der Waals surface area contributed by atoms with Crippen molar-refractivity contribution in [1.82, 2.24) is 5.32 Å². The second kappa shape index (κ2) is 3.38. The standard InChI is InChI=1S/C11H15NO/c1-8-7-9(13-2)3-4-10(8)11-5-6-12-11/h3-4,7,11-12H,5-6H2,1-2H3. The Labute approximate surface area is 78.9 Å². The summed E-state index contributed by atoms with van der Waals surface area (Å²) in [5.41, 5.74) is 2.73. The van der Waals surface area contributed by atoms with E-state index in [2.05, 4.69) is 24.4 Å². The second-order valence-electron chi connectivity index (χ2n) is 3.52. The maximum atomic E-state index is 5.16. The molecular weight excluding hydrogens is 162 g/mol. The minimum absolute atomic E-state index is 0.575. The number of hydrogen-bond acceptors (Lipinski definition) is 2. The minimum atomic E-state index is 0.575. The van der Waals surface area contributed by atoms with Crippen molar-refractivity contribution in [2.75, 3.05) is 13.7 Å². The number of nitrogens with one attached hydrogen (secondary N) is 1. The van der Waals surface area contributed by atoms with Gasteiger partial charge in [0.25, 0.3) is 0 Å². The van der Waals surface area contributed by atoms with Crippen LogP contribution < -0.4 is 10.1 Å². The fraction of sp³-hybridized carbons (Fsp3) is 0.455. The van der Waals surface area contributed by atoms with E-state index in [1.54, 1.807) is 7.11 Å². The molecule has 0 radical (unpaired) electrons. The summed E-state index contributed by atoms with van der Waals surface area (Å²) in [6.45, 7) is 3.29. The second-order valence-corrected chi connectivity index (χ2v) is 3.52. The molecule has 1 aliphatic heterocycles. The molecular formula is C11H15NO. The lowest BCUT2D eigenvalue weighted by molar-refractivity contribution is 0.380. The van der Waals surface area contributed by atoms with Crippen molar-refractivity contribution in [2.24, 2.45) is 0 Å². The van der Waals surface area contributed by atoms with Crippen molar-refractivity contribution < 1.29 is 4.74 Å². The fourth-order valence-electron chi connectivity index (χ4n) is 1.72. The molecule has 1 heterocycles. The molecule has 1 unspecified atom stereocenters. The van der Waals surface area contributed by atoms with Crippen molar-refractivity contribution >= 4 is 0 Å². The van der Waals surface area contributed by atoms with E-state index in [1.807, 2.05) is 6.07 Å². The highest BCUT2D eigenvalue weighted by atomic mass is 16.5. The lowest BCUT2D eigenvalue weighted by atomic mass is 9.94. The van der Waals surface area contributed by atoms with Gasteiger partial charge in [0.05, 0.1) is 7.11 Å². The van der Waals surface area contributed by atoms with Crippen LogP contribution in [0.1, 0.15) is 23.6 Å². The molecule has 13 heavy (non-hydrogen) atoms. The molecule has 0 aliphatic carbocycles. The summed E-state index contributed by atoms with van der Waals surface area (Å²) < 4.78 is 5.16. The third-order valence-electron chi connectivity index (χ3n) is 2.68. The molecule has 1 saturated heterocycles. The Kier molecular flexibility index (Phi) is 2.23. The largest absolute Gasteiger partial charge is 0.497 e. The van der Waals surface area contributed by atoms with Gasteiger partial charge in [-0.1, -0.05) is 6.07 Å². The van der Waals surface area contributed by atoms with E-state index in [0.29, 0.717) is 6.04 Å². The molecule has 0 spiro atoms. The maximum Gasteiger partial charge on any atom is 0.119 e. The average molecular weight is 177 g/mol. The quantitative estimate of drug-likeness (QED) is 0.746. The lowest BCUT2D eigenvalue weighted by Crippen LogP contribution is -2.35. The van der Waals surface area contributed by atoms with Crippen LogP contribution in [0.2, 0.25) is 0 Å². The third kappa shape index (κ3) is 1.54. The summed E-state index contributed by atoms with van der Waals surface area (Å²) in [5, 5.41) is 3.40. The van der Waals surface area contributed by atoms with E-state index in [4.69, 9.17) is 4.74 Å². The van der Waals surface area contributed by atoms with Crippen molar-refractivity contribution in [3.8, 4) is 5.75 Å².